The maximum Gasteiger partial charge on any atom is 0.341 e. The minimum atomic E-state index is -1.13. The zero-order valence-corrected chi connectivity index (χ0v) is 14.0. The van der Waals surface area contributed by atoms with Crippen LogP contribution in [0.25, 0.3) is 28.2 Å². The largest absolute Gasteiger partial charge is 0.477 e. The molecule has 0 unspecified atom stereocenters. The quantitative estimate of drug-likeness (QED) is 0.576. The van der Waals surface area contributed by atoms with Crippen LogP contribution in [-0.2, 0) is 0 Å². The molecule has 0 saturated carbocycles. The summed E-state index contributed by atoms with van der Waals surface area (Å²) in [5, 5.41) is 14.1. The number of aromatic carboxylic acids is 1. The van der Waals surface area contributed by atoms with Gasteiger partial charge in [-0.1, -0.05) is 29.8 Å². The molecule has 5 nitrogen and oxygen atoms in total. The number of aromatic nitrogens is 3. The molecule has 0 atom stereocenters. The lowest BCUT2D eigenvalue weighted by atomic mass is 10.1. The second-order valence-electron chi connectivity index (χ2n) is 5.61. The van der Waals surface area contributed by atoms with Crippen LogP contribution in [0, 0.1) is 5.82 Å². The summed E-state index contributed by atoms with van der Waals surface area (Å²) in [6.45, 7) is 0. The molecule has 128 valence electrons. The molecule has 2 aromatic heterocycles. The van der Waals surface area contributed by atoms with E-state index in [0.29, 0.717) is 27.5 Å². The lowest BCUT2D eigenvalue weighted by molar-refractivity contribution is 0.0699. The standard InChI is InChI=1S/C19H11ClFN3O2/c20-15-4-2-1-3-13(15)17-9-16(11-5-7-12(21)8-6-11)23-18-14(19(25)26)10-22-24(17)18/h1-10H,(H,25,26). The van der Waals surface area contributed by atoms with Crippen molar-refractivity contribution in [3.8, 4) is 22.5 Å². The zero-order chi connectivity index (χ0) is 18.3. The number of carboxylic acids is 1. The van der Waals surface area contributed by atoms with E-state index in [0.717, 1.165) is 0 Å². The van der Waals surface area contributed by atoms with Crippen LogP contribution in [-0.4, -0.2) is 25.7 Å². The van der Waals surface area contributed by atoms with Gasteiger partial charge < -0.3 is 5.11 Å². The van der Waals surface area contributed by atoms with Crippen molar-refractivity contribution >= 4 is 23.2 Å². The first-order valence-corrected chi connectivity index (χ1v) is 8.05. The summed E-state index contributed by atoms with van der Waals surface area (Å²) in [5.41, 5.74) is 2.59. The number of nitrogens with zero attached hydrogens (tertiary/aromatic N) is 3. The molecule has 7 heteroatoms. The van der Waals surface area contributed by atoms with E-state index in [1.807, 2.05) is 12.1 Å². The summed E-state index contributed by atoms with van der Waals surface area (Å²) in [4.78, 5) is 15.9. The Labute approximate surface area is 152 Å². The van der Waals surface area contributed by atoms with E-state index in [-0.39, 0.29) is 17.0 Å². The van der Waals surface area contributed by atoms with Gasteiger partial charge in [-0.15, -0.1) is 0 Å². The monoisotopic (exact) mass is 367 g/mol. The van der Waals surface area contributed by atoms with Crippen molar-refractivity contribution in [1.29, 1.82) is 0 Å². The van der Waals surface area contributed by atoms with Gasteiger partial charge in [0.25, 0.3) is 0 Å². The van der Waals surface area contributed by atoms with Gasteiger partial charge in [0.05, 0.1) is 17.6 Å². The average molecular weight is 368 g/mol. The Balaban J connectivity index is 2.05. The molecular weight excluding hydrogens is 357 g/mol. The molecule has 26 heavy (non-hydrogen) atoms. The summed E-state index contributed by atoms with van der Waals surface area (Å²) in [6, 6.07) is 14.7. The summed E-state index contributed by atoms with van der Waals surface area (Å²) in [6.07, 6.45) is 1.25. The number of hydrogen-bond acceptors (Lipinski definition) is 3. The molecular formula is C19H11ClFN3O2. The number of halogens is 2. The first-order valence-electron chi connectivity index (χ1n) is 7.67. The number of rotatable bonds is 3. The maximum absolute atomic E-state index is 13.2. The Kier molecular flexibility index (Phi) is 3.89. The lowest BCUT2D eigenvalue weighted by Crippen LogP contribution is -2.02. The molecule has 4 aromatic rings. The van der Waals surface area contributed by atoms with Crippen molar-refractivity contribution in [3.05, 3.63) is 77.2 Å². The number of fused-ring (bicyclic) bond motifs is 1. The molecule has 0 saturated heterocycles. The molecule has 0 aliphatic carbocycles. The fraction of sp³-hybridized carbons (Fsp3) is 0. The molecule has 0 radical (unpaired) electrons. The minimum Gasteiger partial charge on any atom is -0.477 e. The summed E-state index contributed by atoms with van der Waals surface area (Å²) >= 11 is 6.32. The lowest BCUT2D eigenvalue weighted by Gasteiger charge is -2.10. The number of hydrogen-bond donors (Lipinski definition) is 1. The summed E-state index contributed by atoms with van der Waals surface area (Å²) < 4.78 is 14.7. The summed E-state index contributed by atoms with van der Waals surface area (Å²) in [5.74, 6) is -1.49. The van der Waals surface area contributed by atoms with Crippen molar-refractivity contribution in [2.24, 2.45) is 0 Å². The molecule has 0 bridgehead atoms. The van der Waals surface area contributed by atoms with E-state index in [4.69, 9.17) is 11.6 Å². The van der Waals surface area contributed by atoms with Gasteiger partial charge in [-0.25, -0.2) is 18.7 Å². The molecule has 0 aliphatic rings. The van der Waals surface area contributed by atoms with Crippen molar-refractivity contribution in [2.75, 3.05) is 0 Å². The molecule has 0 fully saturated rings. The fourth-order valence-electron chi connectivity index (χ4n) is 2.74. The predicted molar refractivity (Wildman–Crippen MR) is 95.8 cm³/mol. The Bertz CT molecular complexity index is 1140. The van der Waals surface area contributed by atoms with Crippen LogP contribution in [0.1, 0.15) is 10.4 Å². The number of carboxylic acid groups (broad SMARTS) is 1. The Morgan fingerprint density at radius 1 is 1.12 bits per heavy atom. The molecule has 2 aromatic carbocycles. The molecule has 2 heterocycles. The molecule has 0 aliphatic heterocycles. The topological polar surface area (TPSA) is 67.5 Å². The summed E-state index contributed by atoms with van der Waals surface area (Å²) in [7, 11) is 0. The van der Waals surface area contributed by atoms with Gasteiger partial charge in [0.2, 0.25) is 0 Å². The van der Waals surface area contributed by atoms with Crippen LogP contribution >= 0.6 is 11.6 Å². The van der Waals surface area contributed by atoms with E-state index in [1.165, 1.54) is 22.8 Å². The first-order chi connectivity index (χ1) is 12.5. The highest BCUT2D eigenvalue weighted by Gasteiger charge is 2.18. The fourth-order valence-corrected chi connectivity index (χ4v) is 2.98. The van der Waals surface area contributed by atoms with Crippen LogP contribution < -0.4 is 0 Å². The van der Waals surface area contributed by atoms with Gasteiger partial charge in [0.15, 0.2) is 5.65 Å². The predicted octanol–water partition coefficient (Wildman–Crippen LogP) is 4.55. The number of benzene rings is 2. The average Bonchev–Trinajstić information content (AvgIpc) is 3.06. The van der Waals surface area contributed by atoms with E-state index >= 15 is 0 Å². The minimum absolute atomic E-state index is 0.0257. The smallest absolute Gasteiger partial charge is 0.341 e. The Hall–Kier alpha value is -3.25. The molecule has 0 amide bonds. The second kappa shape index (κ2) is 6.24. The number of carbonyl (C=O) groups is 1. The van der Waals surface area contributed by atoms with Gasteiger partial charge in [-0.3, -0.25) is 0 Å². The highest BCUT2D eigenvalue weighted by atomic mass is 35.5. The first kappa shape index (κ1) is 16.2. The second-order valence-corrected chi connectivity index (χ2v) is 6.02. The van der Waals surface area contributed by atoms with Crippen molar-refractivity contribution in [3.63, 3.8) is 0 Å². The zero-order valence-electron chi connectivity index (χ0n) is 13.2. The van der Waals surface area contributed by atoms with Crippen LogP contribution in [0.3, 0.4) is 0 Å². The molecule has 4 rings (SSSR count). The molecule has 0 spiro atoms. The highest BCUT2D eigenvalue weighted by Crippen LogP contribution is 2.31. The van der Waals surface area contributed by atoms with Gasteiger partial charge in [-0.2, -0.15) is 5.10 Å². The maximum atomic E-state index is 13.2. The van der Waals surface area contributed by atoms with Crippen molar-refractivity contribution < 1.29 is 14.3 Å². The van der Waals surface area contributed by atoms with Gasteiger partial charge in [-0.05, 0) is 36.4 Å². The third kappa shape index (κ3) is 2.70. The third-order valence-corrected chi connectivity index (χ3v) is 4.32. The van der Waals surface area contributed by atoms with Crippen LogP contribution in [0.5, 0.6) is 0 Å². The van der Waals surface area contributed by atoms with E-state index in [2.05, 4.69) is 10.1 Å². The Morgan fingerprint density at radius 3 is 2.54 bits per heavy atom. The molecule has 1 N–H and O–H groups in total. The van der Waals surface area contributed by atoms with E-state index in [1.54, 1.807) is 30.3 Å². The highest BCUT2D eigenvalue weighted by molar-refractivity contribution is 6.33. The van der Waals surface area contributed by atoms with Crippen LogP contribution in [0.2, 0.25) is 5.02 Å². The van der Waals surface area contributed by atoms with Crippen LogP contribution in [0.15, 0.2) is 60.8 Å². The van der Waals surface area contributed by atoms with E-state index in [9.17, 15) is 14.3 Å². The van der Waals surface area contributed by atoms with Gasteiger partial charge in [0, 0.05) is 16.1 Å². The van der Waals surface area contributed by atoms with E-state index < -0.39 is 5.97 Å². The van der Waals surface area contributed by atoms with Gasteiger partial charge in [0.1, 0.15) is 11.4 Å². The van der Waals surface area contributed by atoms with Crippen molar-refractivity contribution in [1.82, 2.24) is 14.6 Å². The normalized spacial score (nSPS) is 11.0. The van der Waals surface area contributed by atoms with Gasteiger partial charge >= 0.3 is 5.97 Å². The van der Waals surface area contributed by atoms with Crippen LogP contribution in [0.4, 0.5) is 4.39 Å². The SMILES string of the molecule is O=C(O)c1cnn2c(-c3ccccc3Cl)cc(-c3ccc(F)cc3)nc12. The van der Waals surface area contributed by atoms with Crippen molar-refractivity contribution in [2.45, 2.75) is 0 Å². The Morgan fingerprint density at radius 2 is 1.85 bits per heavy atom. The third-order valence-electron chi connectivity index (χ3n) is 3.99.